The van der Waals surface area contributed by atoms with Crippen molar-refractivity contribution in [1.29, 1.82) is 0 Å². The van der Waals surface area contributed by atoms with E-state index in [1.165, 1.54) is 0 Å². The fraction of sp³-hybridized carbons (Fsp3) is 0.333. The van der Waals surface area contributed by atoms with Gasteiger partial charge in [0.1, 0.15) is 0 Å². The average molecular weight is 133 g/mol. The van der Waals surface area contributed by atoms with Crippen LogP contribution in [0.25, 0.3) is 0 Å². The standard InChI is InChI=1S/C6H4F3/c7-5-3-1-2-4-6(5,8)9/h1-2,4-5H. The Hall–Kier alpha value is -0.730. The largest absolute Gasteiger partial charge is 0.301 e. The van der Waals surface area contributed by atoms with Gasteiger partial charge < -0.3 is 0 Å². The third-order valence-electron chi connectivity index (χ3n) is 0.995. The smallest absolute Gasteiger partial charge is 0.235 e. The van der Waals surface area contributed by atoms with Gasteiger partial charge in [0.05, 0.1) is 0 Å². The van der Waals surface area contributed by atoms with Crippen molar-refractivity contribution in [2.45, 2.75) is 12.1 Å². The number of rotatable bonds is 0. The molecule has 49 valence electrons. The van der Waals surface area contributed by atoms with E-state index in [0.717, 1.165) is 12.2 Å². The van der Waals surface area contributed by atoms with E-state index in [1.54, 1.807) is 0 Å². The maximum atomic E-state index is 12.1. The van der Waals surface area contributed by atoms with E-state index < -0.39 is 12.1 Å². The van der Waals surface area contributed by atoms with E-state index in [9.17, 15) is 13.2 Å². The summed E-state index contributed by atoms with van der Waals surface area (Å²) in [6.45, 7) is 0. The van der Waals surface area contributed by atoms with Crippen LogP contribution in [0.3, 0.4) is 0 Å². The van der Waals surface area contributed by atoms with Crippen LogP contribution >= 0.6 is 0 Å². The molecule has 1 aliphatic carbocycles. The molecule has 1 unspecified atom stereocenters. The van der Waals surface area contributed by atoms with Crippen molar-refractivity contribution in [2.24, 2.45) is 0 Å². The zero-order valence-corrected chi connectivity index (χ0v) is 4.44. The van der Waals surface area contributed by atoms with Crippen LogP contribution in [0.4, 0.5) is 13.2 Å². The minimum atomic E-state index is -3.35. The molecule has 1 atom stereocenters. The second-order valence-corrected chi connectivity index (χ2v) is 1.73. The van der Waals surface area contributed by atoms with Crippen LogP contribution < -0.4 is 0 Å². The minimum absolute atomic E-state index is 0.522. The van der Waals surface area contributed by atoms with E-state index >= 15 is 0 Å². The van der Waals surface area contributed by atoms with Gasteiger partial charge in [-0.15, -0.1) is 0 Å². The molecule has 0 aromatic heterocycles. The zero-order chi connectivity index (χ0) is 6.91. The number of alkyl halides is 3. The Labute approximate surface area is 50.7 Å². The van der Waals surface area contributed by atoms with Crippen molar-refractivity contribution >= 4 is 0 Å². The van der Waals surface area contributed by atoms with Gasteiger partial charge in [0.15, 0.2) is 6.17 Å². The third kappa shape index (κ3) is 1.15. The quantitative estimate of drug-likeness (QED) is 0.473. The van der Waals surface area contributed by atoms with Crippen LogP contribution in [0, 0.1) is 6.08 Å². The summed E-state index contributed by atoms with van der Waals surface area (Å²) in [5.74, 6) is -3.35. The van der Waals surface area contributed by atoms with Crippen molar-refractivity contribution < 1.29 is 13.2 Å². The Morgan fingerprint density at radius 2 is 2.11 bits per heavy atom. The monoisotopic (exact) mass is 133 g/mol. The number of allylic oxidation sites excluding steroid dienone is 4. The SMILES string of the molecule is FC1[C]=CC=CC1(F)F. The van der Waals surface area contributed by atoms with Crippen molar-refractivity contribution in [3.05, 3.63) is 24.3 Å². The van der Waals surface area contributed by atoms with Gasteiger partial charge in [-0.2, -0.15) is 8.78 Å². The molecule has 3 heteroatoms. The first-order chi connectivity index (χ1) is 4.13. The molecule has 0 aromatic rings. The van der Waals surface area contributed by atoms with Gasteiger partial charge in [-0.25, -0.2) is 4.39 Å². The molecular weight excluding hydrogens is 129 g/mol. The maximum absolute atomic E-state index is 12.1. The fourth-order valence-corrected chi connectivity index (χ4v) is 0.512. The molecule has 0 heterocycles. The molecule has 0 spiro atoms. The molecular formula is C6H4F3. The maximum Gasteiger partial charge on any atom is 0.301 e. The van der Waals surface area contributed by atoms with Crippen molar-refractivity contribution in [2.75, 3.05) is 0 Å². The molecule has 0 aliphatic heterocycles. The Morgan fingerprint density at radius 1 is 1.44 bits per heavy atom. The molecule has 0 fully saturated rings. The Balaban J connectivity index is 2.78. The van der Waals surface area contributed by atoms with Crippen LogP contribution in [0.2, 0.25) is 0 Å². The molecule has 0 aromatic carbocycles. The van der Waals surface area contributed by atoms with Gasteiger partial charge in [0.2, 0.25) is 0 Å². The van der Waals surface area contributed by atoms with Crippen molar-refractivity contribution in [3.8, 4) is 0 Å². The second kappa shape index (κ2) is 1.90. The van der Waals surface area contributed by atoms with Crippen LogP contribution in [-0.4, -0.2) is 12.1 Å². The van der Waals surface area contributed by atoms with Crippen molar-refractivity contribution in [3.63, 3.8) is 0 Å². The molecule has 9 heavy (non-hydrogen) atoms. The molecule has 0 N–H and O–H groups in total. The Morgan fingerprint density at radius 3 is 2.44 bits per heavy atom. The lowest BCUT2D eigenvalue weighted by atomic mass is 10.1. The highest BCUT2D eigenvalue weighted by atomic mass is 19.3. The molecule has 1 radical (unpaired) electrons. The molecule has 0 bridgehead atoms. The summed E-state index contributed by atoms with van der Waals surface area (Å²) in [4.78, 5) is 0. The Bertz CT molecular complexity index is 158. The number of hydrogen-bond donors (Lipinski definition) is 0. The number of hydrogen-bond acceptors (Lipinski definition) is 0. The molecule has 0 nitrogen and oxygen atoms in total. The average Bonchev–Trinajstić information content (AvgIpc) is 1.77. The van der Waals surface area contributed by atoms with E-state index in [2.05, 4.69) is 0 Å². The summed E-state index contributed by atoms with van der Waals surface area (Å²) >= 11 is 0. The van der Waals surface area contributed by atoms with E-state index in [-0.39, 0.29) is 0 Å². The molecule has 0 amide bonds. The lowest BCUT2D eigenvalue weighted by Gasteiger charge is -2.14. The van der Waals surface area contributed by atoms with Crippen molar-refractivity contribution in [1.82, 2.24) is 0 Å². The lowest BCUT2D eigenvalue weighted by molar-refractivity contribution is -0.0107. The van der Waals surface area contributed by atoms with Gasteiger partial charge in [-0.3, -0.25) is 0 Å². The first kappa shape index (κ1) is 6.39. The van der Waals surface area contributed by atoms with Gasteiger partial charge in [-0.1, -0.05) is 12.2 Å². The predicted octanol–water partition coefficient (Wildman–Crippen LogP) is 1.89. The van der Waals surface area contributed by atoms with Crippen LogP contribution in [0.15, 0.2) is 18.2 Å². The topological polar surface area (TPSA) is 0 Å². The molecule has 0 saturated carbocycles. The van der Waals surface area contributed by atoms with Gasteiger partial charge in [-0.05, 0) is 12.2 Å². The third-order valence-corrected chi connectivity index (χ3v) is 0.995. The summed E-state index contributed by atoms with van der Waals surface area (Å²) in [6.07, 6.45) is 2.31. The highest BCUT2D eigenvalue weighted by molar-refractivity contribution is 5.15. The second-order valence-electron chi connectivity index (χ2n) is 1.73. The Kier molecular flexibility index (Phi) is 1.35. The first-order valence-electron chi connectivity index (χ1n) is 2.42. The van der Waals surface area contributed by atoms with Gasteiger partial charge >= 0.3 is 5.92 Å². The van der Waals surface area contributed by atoms with E-state index in [4.69, 9.17) is 0 Å². The summed E-state index contributed by atoms with van der Waals surface area (Å²) in [7, 11) is 0. The van der Waals surface area contributed by atoms with Crippen LogP contribution in [-0.2, 0) is 0 Å². The zero-order valence-electron chi connectivity index (χ0n) is 4.44. The van der Waals surface area contributed by atoms with Gasteiger partial charge in [0.25, 0.3) is 0 Å². The number of halogens is 3. The van der Waals surface area contributed by atoms with Crippen LogP contribution in [0.1, 0.15) is 0 Å². The van der Waals surface area contributed by atoms with Gasteiger partial charge in [0, 0.05) is 0 Å². The highest BCUT2D eigenvalue weighted by Gasteiger charge is 2.36. The van der Waals surface area contributed by atoms with Crippen LogP contribution in [0.5, 0.6) is 0 Å². The molecule has 1 aliphatic rings. The van der Waals surface area contributed by atoms with E-state index in [1.807, 2.05) is 6.08 Å². The van der Waals surface area contributed by atoms with E-state index in [0.29, 0.717) is 6.08 Å². The normalized spacial score (nSPS) is 30.8. The fourth-order valence-electron chi connectivity index (χ4n) is 0.512. The molecule has 0 saturated heterocycles. The predicted molar refractivity (Wildman–Crippen MR) is 26.8 cm³/mol. The first-order valence-corrected chi connectivity index (χ1v) is 2.42. The summed E-state index contributed by atoms with van der Waals surface area (Å²) in [5, 5.41) is 0. The summed E-state index contributed by atoms with van der Waals surface area (Å²) in [5.41, 5.74) is 0. The molecule has 1 rings (SSSR count). The highest BCUT2D eigenvalue weighted by Crippen LogP contribution is 2.25. The minimum Gasteiger partial charge on any atom is -0.235 e. The summed E-state index contributed by atoms with van der Waals surface area (Å²) in [6, 6.07) is 0. The lowest BCUT2D eigenvalue weighted by Crippen LogP contribution is -2.27. The summed E-state index contributed by atoms with van der Waals surface area (Å²) < 4.78 is 36.1.